The predicted molar refractivity (Wildman–Crippen MR) is 94.7 cm³/mol. The minimum Gasteiger partial charge on any atom is -0.207 e. The first-order chi connectivity index (χ1) is 11.5. The van der Waals surface area contributed by atoms with E-state index in [1.165, 1.54) is 6.07 Å². The first-order valence-corrected chi connectivity index (χ1v) is 8.56. The van der Waals surface area contributed by atoms with Gasteiger partial charge in [0.15, 0.2) is 6.20 Å². The summed E-state index contributed by atoms with van der Waals surface area (Å²) in [7, 11) is 0. The van der Waals surface area contributed by atoms with Gasteiger partial charge >= 0.3 is 0 Å². The van der Waals surface area contributed by atoms with Crippen molar-refractivity contribution in [2.75, 3.05) is 0 Å². The van der Waals surface area contributed by atoms with Gasteiger partial charge in [-0.25, -0.2) is 8.78 Å². The van der Waals surface area contributed by atoms with Crippen LogP contribution in [0.3, 0.4) is 0 Å². The van der Waals surface area contributed by atoms with E-state index in [0.29, 0.717) is 17.5 Å². The molecule has 1 aromatic carbocycles. The van der Waals surface area contributed by atoms with Crippen LogP contribution in [0.15, 0.2) is 49.2 Å². The van der Waals surface area contributed by atoms with Crippen molar-refractivity contribution in [3.63, 3.8) is 0 Å². The van der Waals surface area contributed by atoms with Crippen molar-refractivity contribution in [2.45, 2.75) is 52.0 Å². The highest BCUT2D eigenvalue weighted by Gasteiger charge is 2.32. The van der Waals surface area contributed by atoms with Crippen LogP contribution < -0.4 is 4.57 Å². The Hall–Kier alpha value is -2.03. The van der Waals surface area contributed by atoms with Crippen LogP contribution >= 0.6 is 0 Å². The Morgan fingerprint density at radius 3 is 2.58 bits per heavy atom. The van der Waals surface area contributed by atoms with E-state index in [2.05, 4.69) is 13.5 Å². The van der Waals surface area contributed by atoms with E-state index in [1.807, 2.05) is 48.9 Å². The molecule has 1 unspecified atom stereocenters. The summed E-state index contributed by atoms with van der Waals surface area (Å²) >= 11 is 0. The number of benzene rings is 1. The molecule has 0 bridgehead atoms. The van der Waals surface area contributed by atoms with Gasteiger partial charge in [-0.3, -0.25) is 0 Å². The highest BCUT2D eigenvalue weighted by molar-refractivity contribution is 5.64. The van der Waals surface area contributed by atoms with Crippen LogP contribution in [-0.2, 0) is 12.0 Å². The molecule has 0 radical (unpaired) electrons. The van der Waals surface area contributed by atoms with E-state index in [-0.39, 0.29) is 5.41 Å². The molecule has 2 aromatic rings. The molecule has 0 aliphatic heterocycles. The van der Waals surface area contributed by atoms with Crippen molar-refractivity contribution in [1.29, 1.82) is 0 Å². The minimum atomic E-state index is -0.534. The van der Waals surface area contributed by atoms with Gasteiger partial charge in [0, 0.05) is 24.6 Å². The third kappa shape index (κ3) is 3.55. The molecule has 0 amide bonds. The topological polar surface area (TPSA) is 3.88 Å². The lowest BCUT2D eigenvalue weighted by molar-refractivity contribution is -0.686. The molecular formula is C21H26F2N+. The zero-order chi connectivity index (χ0) is 17.7. The molecule has 1 nitrogen and oxygen atoms in total. The molecule has 0 aliphatic carbocycles. The summed E-state index contributed by atoms with van der Waals surface area (Å²) in [5.41, 5.74) is 1.63. The molecule has 0 fully saturated rings. The van der Waals surface area contributed by atoms with Crippen molar-refractivity contribution in [3.05, 3.63) is 66.4 Å². The van der Waals surface area contributed by atoms with Crippen molar-refractivity contribution >= 4 is 0 Å². The predicted octanol–water partition coefficient (Wildman–Crippen LogP) is 5.57. The molecule has 24 heavy (non-hydrogen) atoms. The van der Waals surface area contributed by atoms with Gasteiger partial charge in [0.05, 0.1) is 5.56 Å². The van der Waals surface area contributed by atoms with E-state index < -0.39 is 11.6 Å². The lowest BCUT2D eigenvalue weighted by atomic mass is 9.74. The lowest BCUT2D eigenvalue weighted by Gasteiger charge is -2.29. The van der Waals surface area contributed by atoms with Gasteiger partial charge in [0.2, 0.25) is 5.69 Å². The fourth-order valence-corrected chi connectivity index (χ4v) is 3.21. The third-order valence-electron chi connectivity index (χ3n) is 4.74. The number of hydrogen-bond acceptors (Lipinski definition) is 0. The van der Waals surface area contributed by atoms with Crippen molar-refractivity contribution in [2.24, 2.45) is 0 Å². The van der Waals surface area contributed by atoms with Gasteiger partial charge in [-0.2, -0.15) is 4.57 Å². The standard InChI is InChI=1S/C21H26F2N/c1-5-11-21(4,7-3)17-14-16(22)15-18(23)20(17)19-10-8-9-13-24(19)12-6-2/h5,8-10,13-15H,1,6-7,11-12H2,2-4H3/q+1. The van der Waals surface area contributed by atoms with Crippen LogP contribution in [0, 0.1) is 11.6 Å². The molecule has 128 valence electrons. The normalized spacial score (nSPS) is 13.5. The van der Waals surface area contributed by atoms with Gasteiger partial charge in [-0.15, -0.1) is 6.58 Å². The van der Waals surface area contributed by atoms with Crippen LogP contribution in [0.5, 0.6) is 0 Å². The molecule has 1 aromatic heterocycles. The first kappa shape index (κ1) is 18.3. The van der Waals surface area contributed by atoms with Crippen LogP contribution in [-0.4, -0.2) is 0 Å². The number of rotatable bonds is 7. The number of pyridine rings is 1. The average Bonchev–Trinajstić information content (AvgIpc) is 2.55. The fraction of sp³-hybridized carbons (Fsp3) is 0.381. The summed E-state index contributed by atoms with van der Waals surface area (Å²) in [6, 6.07) is 8.19. The van der Waals surface area contributed by atoms with Gasteiger partial charge in [-0.05, 0) is 36.0 Å². The van der Waals surface area contributed by atoms with E-state index >= 15 is 0 Å². The van der Waals surface area contributed by atoms with Crippen LogP contribution in [0.25, 0.3) is 11.3 Å². The monoisotopic (exact) mass is 330 g/mol. The van der Waals surface area contributed by atoms with E-state index in [1.54, 1.807) is 0 Å². The summed E-state index contributed by atoms with van der Waals surface area (Å²) in [6.07, 6.45) is 6.15. The smallest absolute Gasteiger partial charge is 0.207 e. The number of allylic oxidation sites excluding steroid dienone is 1. The van der Waals surface area contributed by atoms with Crippen molar-refractivity contribution < 1.29 is 13.3 Å². The Balaban J connectivity index is 2.77. The van der Waals surface area contributed by atoms with Crippen LogP contribution in [0.1, 0.15) is 45.6 Å². The maximum absolute atomic E-state index is 14.8. The number of halogens is 2. The number of nitrogens with zero attached hydrogens (tertiary/aromatic N) is 1. The lowest BCUT2D eigenvalue weighted by Crippen LogP contribution is -2.36. The fourth-order valence-electron chi connectivity index (χ4n) is 3.21. The maximum atomic E-state index is 14.8. The van der Waals surface area contributed by atoms with Crippen LogP contribution in [0.4, 0.5) is 8.78 Å². The third-order valence-corrected chi connectivity index (χ3v) is 4.74. The highest BCUT2D eigenvalue weighted by Crippen LogP contribution is 2.39. The second kappa shape index (κ2) is 7.69. The summed E-state index contributed by atoms with van der Waals surface area (Å²) in [6.45, 7) is 10.8. The molecule has 2 rings (SSSR count). The zero-order valence-corrected chi connectivity index (χ0v) is 14.8. The maximum Gasteiger partial charge on any atom is 0.215 e. The second-order valence-corrected chi connectivity index (χ2v) is 6.50. The quantitative estimate of drug-likeness (QED) is 0.461. The Morgan fingerprint density at radius 2 is 1.96 bits per heavy atom. The van der Waals surface area contributed by atoms with Gasteiger partial charge in [0.25, 0.3) is 0 Å². The molecule has 0 aliphatic rings. The Morgan fingerprint density at radius 1 is 1.21 bits per heavy atom. The molecule has 0 saturated carbocycles. The van der Waals surface area contributed by atoms with Crippen molar-refractivity contribution in [3.8, 4) is 11.3 Å². The molecular weight excluding hydrogens is 304 g/mol. The molecule has 0 saturated heterocycles. The number of aryl methyl sites for hydroxylation is 1. The second-order valence-electron chi connectivity index (χ2n) is 6.50. The SMILES string of the molecule is C=CCC(C)(CC)c1cc(F)cc(F)c1-c1cccc[n+]1CCC. The Labute approximate surface area is 143 Å². The molecule has 1 heterocycles. The van der Waals surface area contributed by atoms with Gasteiger partial charge in [-0.1, -0.05) is 26.8 Å². The summed E-state index contributed by atoms with van der Waals surface area (Å²) < 4.78 is 30.9. The van der Waals surface area contributed by atoms with E-state index in [4.69, 9.17) is 0 Å². The minimum absolute atomic E-state index is 0.361. The van der Waals surface area contributed by atoms with Crippen LogP contribution in [0.2, 0.25) is 0 Å². The largest absolute Gasteiger partial charge is 0.215 e. The summed E-state index contributed by atoms with van der Waals surface area (Å²) in [4.78, 5) is 0. The zero-order valence-electron chi connectivity index (χ0n) is 14.8. The number of hydrogen-bond donors (Lipinski definition) is 0. The number of aromatic nitrogens is 1. The summed E-state index contributed by atoms with van der Waals surface area (Å²) in [5.74, 6) is -1.04. The summed E-state index contributed by atoms with van der Waals surface area (Å²) in [5, 5.41) is 0. The van der Waals surface area contributed by atoms with E-state index in [9.17, 15) is 8.78 Å². The van der Waals surface area contributed by atoms with E-state index in [0.717, 1.165) is 31.1 Å². The molecule has 1 atom stereocenters. The van der Waals surface area contributed by atoms with Gasteiger partial charge in [0.1, 0.15) is 18.2 Å². The van der Waals surface area contributed by atoms with Crippen molar-refractivity contribution in [1.82, 2.24) is 0 Å². The highest BCUT2D eigenvalue weighted by atomic mass is 19.1. The first-order valence-electron chi connectivity index (χ1n) is 8.56. The Bertz CT molecular complexity index is 724. The average molecular weight is 330 g/mol. The Kier molecular flexibility index (Phi) is 5.87. The molecule has 3 heteroatoms. The van der Waals surface area contributed by atoms with Gasteiger partial charge < -0.3 is 0 Å². The molecule has 0 spiro atoms. The molecule has 0 N–H and O–H groups in total.